The largest absolute Gasteiger partial charge is 0.196 e. The Kier molecular flexibility index (Phi) is 7.87. The zero-order chi connectivity index (χ0) is 23.8. The van der Waals surface area contributed by atoms with Crippen molar-refractivity contribution in [2.24, 2.45) is 17.3 Å². The molecular weight excluding hydrogens is 400 g/mol. The average molecular weight is 433 g/mol. The number of nitriles is 2. The van der Waals surface area contributed by atoms with Crippen molar-refractivity contribution < 1.29 is 0 Å². The van der Waals surface area contributed by atoms with E-state index in [1.54, 1.807) is 6.08 Å². The van der Waals surface area contributed by atoms with Crippen LogP contribution in [-0.2, 0) is 0 Å². The van der Waals surface area contributed by atoms with Crippen molar-refractivity contribution in [2.75, 3.05) is 0 Å². The molecule has 3 atom stereocenters. The highest BCUT2D eigenvalue weighted by molar-refractivity contribution is 5.53. The number of allylic oxidation sites excluding steroid dienone is 5. The van der Waals surface area contributed by atoms with Crippen LogP contribution in [0.1, 0.15) is 50.2 Å². The first-order valence-corrected chi connectivity index (χ1v) is 11.5. The Morgan fingerprint density at radius 2 is 1.70 bits per heavy atom. The van der Waals surface area contributed by atoms with Gasteiger partial charge in [-0.05, 0) is 55.2 Å². The third kappa shape index (κ3) is 5.08. The van der Waals surface area contributed by atoms with Crippen LogP contribution >= 0.6 is 0 Å². The van der Waals surface area contributed by atoms with Crippen molar-refractivity contribution in [1.29, 1.82) is 10.5 Å². The van der Waals surface area contributed by atoms with Gasteiger partial charge in [-0.25, -0.2) is 0 Å². The van der Waals surface area contributed by atoms with Crippen LogP contribution in [0.15, 0.2) is 103 Å². The Hall–Kier alpha value is -3.62. The standard InChI is InChI=1S/C31H32N2/c1-5-20-31(21-32,22-33)30-24(4)16-18-27(23(2)3)29(30)28(26-14-10-7-11-15-26)19-17-25-12-8-6-9-13-25/h5-15,17,19,27-29H,1-2,16,18,20H2,3-4H3/b19-17+/t27-,28?,29+/m1/s1. The minimum Gasteiger partial charge on any atom is -0.196 e. The molecule has 1 unspecified atom stereocenters. The molecule has 0 saturated heterocycles. The quantitative estimate of drug-likeness (QED) is 0.397. The SMILES string of the molecule is C=CCC(C#N)(C#N)C1=C(C)CC[C@H](C(=C)C)[C@H]1C(/C=C/c1ccccc1)c1ccccc1. The van der Waals surface area contributed by atoms with Crippen LogP contribution in [0.25, 0.3) is 6.08 Å². The maximum atomic E-state index is 10.3. The van der Waals surface area contributed by atoms with Gasteiger partial charge in [0.1, 0.15) is 0 Å². The summed E-state index contributed by atoms with van der Waals surface area (Å²) in [5.41, 5.74) is 4.29. The zero-order valence-corrected chi connectivity index (χ0v) is 19.7. The predicted molar refractivity (Wildman–Crippen MR) is 137 cm³/mol. The Morgan fingerprint density at radius 3 is 2.24 bits per heavy atom. The van der Waals surface area contributed by atoms with E-state index in [1.807, 2.05) is 24.3 Å². The Bertz CT molecular complexity index is 1110. The van der Waals surface area contributed by atoms with Crippen LogP contribution in [0.4, 0.5) is 0 Å². The molecule has 2 heteroatoms. The monoisotopic (exact) mass is 432 g/mol. The van der Waals surface area contributed by atoms with Gasteiger partial charge < -0.3 is 0 Å². The Balaban J connectivity index is 2.26. The fraction of sp³-hybridized carbons (Fsp3) is 0.290. The summed E-state index contributed by atoms with van der Waals surface area (Å²) in [6.07, 6.45) is 8.26. The zero-order valence-electron chi connectivity index (χ0n) is 19.7. The molecule has 2 aromatic carbocycles. The van der Waals surface area contributed by atoms with E-state index in [9.17, 15) is 10.5 Å². The van der Waals surface area contributed by atoms with Gasteiger partial charge in [-0.1, -0.05) is 96.6 Å². The Morgan fingerprint density at radius 1 is 1.09 bits per heavy atom. The van der Waals surface area contributed by atoms with E-state index >= 15 is 0 Å². The summed E-state index contributed by atoms with van der Waals surface area (Å²) in [7, 11) is 0. The maximum Gasteiger partial charge on any atom is 0.168 e. The number of hydrogen-bond donors (Lipinski definition) is 0. The molecule has 0 spiro atoms. The summed E-state index contributed by atoms with van der Waals surface area (Å²) in [4.78, 5) is 0. The van der Waals surface area contributed by atoms with Crippen molar-refractivity contribution in [3.63, 3.8) is 0 Å². The van der Waals surface area contributed by atoms with E-state index in [1.165, 1.54) is 5.56 Å². The first-order valence-electron chi connectivity index (χ1n) is 11.5. The van der Waals surface area contributed by atoms with Crippen molar-refractivity contribution in [3.05, 3.63) is 114 Å². The van der Waals surface area contributed by atoms with E-state index in [-0.39, 0.29) is 17.8 Å². The average Bonchev–Trinajstić information content (AvgIpc) is 2.84. The minimum absolute atomic E-state index is 0.00393. The highest BCUT2D eigenvalue weighted by Gasteiger charge is 2.46. The molecule has 0 heterocycles. The lowest BCUT2D eigenvalue weighted by Crippen LogP contribution is -2.36. The van der Waals surface area contributed by atoms with Gasteiger partial charge in [-0.2, -0.15) is 10.5 Å². The van der Waals surface area contributed by atoms with E-state index in [2.05, 4.69) is 87.7 Å². The number of hydrogen-bond acceptors (Lipinski definition) is 2. The number of rotatable bonds is 8. The third-order valence-electron chi connectivity index (χ3n) is 6.85. The molecular formula is C31H32N2. The Labute approximate surface area is 198 Å². The molecule has 0 aromatic heterocycles. The lowest BCUT2D eigenvalue weighted by molar-refractivity contribution is 0.314. The maximum absolute atomic E-state index is 10.3. The molecule has 0 saturated carbocycles. The van der Waals surface area contributed by atoms with Gasteiger partial charge in [-0.15, -0.1) is 6.58 Å². The molecule has 166 valence electrons. The smallest absolute Gasteiger partial charge is 0.168 e. The van der Waals surface area contributed by atoms with Crippen LogP contribution in [0.5, 0.6) is 0 Å². The lowest BCUT2D eigenvalue weighted by atomic mass is 9.58. The summed E-state index contributed by atoms with van der Waals surface area (Å²) < 4.78 is 0. The fourth-order valence-electron chi connectivity index (χ4n) is 5.26. The van der Waals surface area contributed by atoms with Crippen molar-refractivity contribution in [1.82, 2.24) is 0 Å². The van der Waals surface area contributed by atoms with Crippen molar-refractivity contribution in [2.45, 2.75) is 39.0 Å². The highest BCUT2D eigenvalue weighted by atomic mass is 14.5. The summed E-state index contributed by atoms with van der Waals surface area (Å²) in [5, 5.41) is 20.6. The van der Waals surface area contributed by atoms with Crippen LogP contribution in [0.3, 0.4) is 0 Å². The van der Waals surface area contributed by atoms with Gasteiger partial charge in [0.25, 0.3) is 0 Å². The molecule has 2 aromatic rings. The second-order valence-electron chi connectivity index (χ2n) is 9.04. The second kappa shape index (κ2) is 10.8. The topological polar surface area (TPSA) is 47.6 Å². The molecule has 33 heavy (non-hydrogen) atoms. The number of benzene rings is 2. The molecule has 0 aliphatic heterocycles. The van der Waals surface area contributed by atoms with Gasteiger partial charge in [0.05, 0.1) is 12.1 Å². The third-order valence-corrected chi connectivity index (χ3v) is 6.85. The summed E-state index contributed by atoms with van der Waals surface area (Å²) in [6.45, 7) is 12.4. The second-order valence-corrected chi connectivity index (χ2v) is 9.04. The van der Waals surface area contributed by atoms with Gasteiger partial charge in [-0.3, -0.25) is 0 Å². The van der Waals surface area contributed by atoms with E-state index < -0.39 is 5.41 Å². The summed E-state index contributed by atoms with van der Waals surface area (Å²) in [5.74, 6) is 0.155. The highest BCUT2D eigenvalue weighted by Crippen LogP contribution is 2.53. The molecule has 0 fully saturated rings. The molecule has 0 radical (unpaired) electrons. The minimum atomic E-state index is -1.22. The van der Waals surface area contributed by atoms with Gasteiger partial charge in [0.2, 0.25) is 0 Å². The summed E-state index contributed by atoms with van der Waals surface area (Å²) in [6, 6.07) is 25.5. The van der Waals surface area contributed by atoms with Crippen LogP contribution in [-0.4, -0.2) is 0 Å². The first kappa shape index (κ1) is 24.0. The normalized spacial score (nSPS) is 19.5. The van der Waals surface area contributed by atoms with Crippen molar-refractivity contribution >= 4 is 6.08 Å². The van der Waals surface area contributed by atoms with Crippen LogP contribution < -0.4 is 0 Å². The number of nitrogens with zero attached hydrogens (tertiary/aromatic N) is 2. The molecule has 1 aliphatic rings. The molecule has 3 rings (SSSR count). The van der Waals surface area contributed by atoms with Gasteiger partial charge >= 0.3 is 0 Å². The van der Waals surface area contributed by atoms with Crippen LogP contribution in [0, 0.1) is 39.9 Å². The van der Waals surface area contributed by atoms with E-state index in [0.717, 1.165) is 35.1 Å². The van der Waals surface area contributed by atoms with Gasteiger partial charge in [0, 0.05) is 12.3 Å². The summed E-state index contributed by atoms with van der Waals surface area (Å²) >= 11 is 0. The van der Waals surface area contributed by atoms with Crippen LogP contribution in [0.2, 0.25) is 0 Å². The molecule has 0 N–H and O–H groups in total. The molecule has 0 bridgehead atoms. The molecule has 0 amide bonds. The predicted octanol–water partition coefficient (Wildman–Crippen LogP) is 8.01. The van der Waals surface area contributed by atoms with Gasteiger partial charge in [0.15, 0.2) is 5.41 Å². The first-order chi connectivity index (χ1) is 16.0. The van der Waals surface area contributed by atoms with E-state index in [4.69, 9.17) is 0 Å². The molecule has 1 aliphatic carbocycles. The lowest BCUT2D eigenvalue weighted by Gasteiger charge is -2.43. The molecule has 2 nitrogen and oxygen atoms in total. The fourth-order valence-corrected chi connectivity index (χ4v) is 5.26. The van der Waals surface area contributed by atoms with E-state index in [0.29, 0.717) is 6.42 Å². The van der Waals surface area contributed by atoms with Crippen molar-refractivity contribution in [3.8, 4) is 12.1 Å².